The van der Waals surface area contributed by atoms with Gasteiger partial charge in [-0.05, 0) is 23.8 Å². The molecule has 0 aliphatic heterocycles. The van der Waals surface area contributed by atoms with Crippen molar-refractivity contribution in [2.75, 3.05) is 12.3 Å². The molecule has 0 unspecified atom stereocenters. The van der Waals surface area contributed by atoms with Crippen LogP contribution in [-0.4, -0.2) is 12.5 Å². The number of carbonyl (C=O) groups excluding carboxylic acids is 1. The fourth-order valence-electron chi connectivity index (χ4n) is 1.64. The Morgan fingerprint density at radius 2 is 1.95 bits per heavy atom. The minimum Gasteiger partial charge on any atom is -0.482 e. The van der Waals surface area contributed by atoms with Gasteiger partial charge >= 0.3 is 0 Å². The Bertz CT molecular complexity index is 588. The summed E-state index contributed by atoms with van der Waals surface area (Å²) in [4.78, 5) is 11.7. The van der Waals surface area contributed by atoms with E-state index in [9.17, 15) is 4.79 Å². The molecule has 0 radical (unpaired) electrons. The van der Waals surface area contributed by atoms with Gasteiger partial charge in [-0.25, -0.2) is 0 Å². The van der Waals surface area contributed by atoms with Crippen molar-refractivity contribution < 1.29 is 9.53 Å². The van der Waals surface area contributed by atoms with Crippen molar-refractivity contribution in [3.63, 3.8) is 0 Å². The SMILES string of the molecule is Nc1cc(Br)ccc1OCC(=O)NCc1ccccc1. The van der Waals surface area contributed by atoms with E-state index in [1.807, 2.05) is 36.4 Å². The fourth-order valence-corrected chi connectivity index (χ4v) is 2.02. The molecule has 0 saturated heterocycles. The van der Waals surface area contributed by atoms with Crippen molar-refractivity contribution in [1.29, 1.82) is 0 Å². The molecule has 20 heavy (non-hydrogen) atoms. The van der Waals surface area contributed by atoms with Gasteiger partial charge in [0.05, 0.1) is 5.69 Å². The highest BCUT2D eigenvalue weighted by Crippen LogP contribution is 2.24. The molecule has 0 fully saturated rings. The second kappa shape index (κ2) is 6.96. The lowest BCUT2D eigenvalue weighted by atomic mass is 10.2. The zero-order valence-electron chi connectivity index (χ0n) is 10.8. The van der Waals surface area contributed by atoms with E-state index in [1.165, 1.54) is 0 Å². The zero-order valence-corrected chi connectivity index (χ0v) is 12.4. The van der Waals surface area contributed by atoms with Crippen molar-refractivity contribution in [2.45, 2.75) is 6.54 Å². The normalized spacial score (nSPS) is 10.1. The van der Waals surface area contributed by atoms with Crippen molar-refractivity contribution >= 4 is 27.5 Å². The van der Waals surface area contributed by atoms with Crippen LogP contribution in [0, 0.1) is 0 Å². The summed E-state index contributed by atoms with van der Waals surface area (Å²) in [6.45, 7) is 0.428. The van der Waals surface area contributed by atoms with Crippen LogP contribution in [0.3, 0.4) is 0 Å². The number of nitrogens with one attached hydrogen (secondary N) is 1. The van der Waals surface area contributed by atoms with Crippen LogP contribution in [0.15, 0.2) is 53.0 Å². The monoisotopic (exact) mass is 334 g/mol. The summed E-state index contributed by atoms with van der Waals surface area (Å²) in [5.74, 6) is 0.319. The first-order chi connectivity index (χ1) is 9.65. The van der Waals surface area contributed by atoms with E-state index in [2.05, 4.69) is 21.2 Å². The quantitative estimate of drug-likeness (QED) is 0.826. The fraction of sp³-hybridized carbons (Fsp3) is 0.133. The second-order valence-electron chi connectivity index (χ2n) is 4.23. The predicted octanol–water partition coefficient (Wildman–Crippen LogP) is 2.73. The van der Waals surface area contributed by atoms with Gasteiger partial charge in [0.15, 0.2) is 6.61 Å². The number of nitrogen functional groups attached to an aromatic ring is 1. The van der Waals surface area contributed by atoms with Gasteiger partial charge in [-0.2, -0.15) is 0 Å². The molecule has 2 aromatic carbocycles. The number of halogens is 1. The summed E-state index contributed by atoms with van der Waals surface area (Å²) in [5.41, 5.74) is 7.33. The average molecular weight is 335 g/mol. The zero-order chi connectivity index (χ0) is 14.4. The van der Waals surface area contributed by atoms with Crippen molar-refractivity contribution in [3.05, 3.63) is 58.6 Å². The van der Waals surface area contributed by atoms with E-state index >= 15 is 0 Å². The molecule has 0 saturated carbocycles. The number of rotatable bonds is 5. The molecule has 0 bridgehead atoms. The molecular weight excluding hydrogens is 320 g/mol. The number of ether oxygens (including phenoxy) is 1. The summed E-state index contributed by atoms with van der Waals surface area (Å²) in [6, 6.07) is 15.0. The van der Waals surface area contributed by atoms with Crippen LogP contribution in [0.4, 0.5) is 5.69 Å². The molecule has 0 atom stereocenters. The van der Waals surface area contributed by atoms with Crippen LogP contribution in [0.25, 0.3) is 0 Å². The third kappa shape index (κ3) is 4.28. The molecule has 0 aromatic heterocycles. The Labute approximate surface area is 126 Å². The maximum atomic E-state index is 11.7. The highest BCUT2D eigenvalue weighted by Gasteiger charge is 2.05. The summed E-state index contributed by atoms with van der Waals surface area (Å²) in [5, 5.41) is 2.79. The molecule has 5 heteroatoms. The minimum absolute atomic E-state index is 0.0569. The number of benzene rings is 2. The third-order valence-corrected chi connectivity index (χ3v) is 3.16. The van der Waals surface area contributed by atoms with E-state index in [0.29, 0.717) is 18.0 Å². The average Bonchev–Trinajstić information content (AvgIpc) is 2.45. The van der Waals surface area contributed by atoms with E-state index in [0.717, 1.165) is 10.0 Å². The molecule has 0 heterocycles. The minimum atomic E-state index is -0.184. The van der Waals surface area contributed by atoms with Crippen LogP contribution in [0.2, 0.25) is 0 Å². The van der Waals surface area contributed by atoms with Gasteiger partial charge < -0.3 is 15.8 Å². The summed E-state index contributed by atoms with van der Waals surface area (Å²) < 4.78 is 6.26. The Balaban J connectivity index is 1.80. The van der Waals surface area contributed by atoms with Crippen LogP contribution >= 0.6 is 15.9 Å². The second-order valence-corrected chi connectivity index (χ2v) is 5.15. The molecule has 4 nitrogen and oxygen atoms in total. The maximum Gasteiger partial charge on any atom is 0.258 e. The maximum absolute atomic E-state index is 11.7. The molecule has 3 N–H and O–H groups in total. The molecular formula is C15H15BrN2O2. The van der Waals surface area contributed by atoms with Gasteiger partial charge in [0.25, 0.3) is 5.91 Å². The Hall–Kier alpha value is -2.01. The van der Waals surface area contributed by atoms with Gasteiger partial charge in [-0.3, -0.25) is 4.79 Å². The third-order valence-electron chi connectivity index (χ3n) is 2.66. The van der Waals surface area contributed by atoms with Gasteiger partial charge in [0.2, 0.25) is 0 Å². The Morgan fingerprint density at radius 3 is 2.65 bits per heavy atom. The molecule has 2 aromatic rings. The molecule has 2 rings (SSSR count). The highest BCUT2D eigenvalue weighted by molar-refractivity contribution is 9.10. The number of hydrogen-bond donors (Lipinski definition) is 2. The van der Waals surface area contributed by atoms with Crippen LogP contribution in [0.5, 0.6) is 5.75 Å². The first kappa shape index (κ1) is 14.4. The topological polar surface area (TPSA) is 64.3 Å². The van der Waals surface area contributed by atoms with E-state index in [1.54, 1.807) is 12.1 Å². The molecule has 1 amide bonds. The number of nitrogens with two attached hydrogens (primary N) is 1. The lowest BCUT2D eigenvalue weighted by molar-refractivity contribution is -0.123. The summed E-state index contributed by atoms with van der Waals surface area (Å²) in [7, 11) is 0. The standard InChI is InChI=1S/C15H15BrN2O2/c16-12-6-7-14(13(17)8-12)20-10-15(19)18-9-11-4-2-1-3-5-11/h1-8H,9-10,17H2,(H,18,19). The van der Waals surface area contributed by atoms with Crippen molar-refractivity contribution in [2.24, 2.45) is 0 Å². The van der Waals surface area contributed by atoms with Gasteiger partial charge in [0.1, 0.15) is 5.75 Å². The number of carbonyl (C=O) groups is 1. The van der Waals surface area contributed by atoms with Gasteiger partial charge in [0, 0.05) is 11.0 Å². The Morgan fingerprint density at radius 1 is 1.20 bits per heavy atom. The number of hydrogen-bond acceptors (Lipinski definition) is 3. The van der Waals surface area contributed by atoms with Gasteiger partial charge in [-0.1, -0.05) is 46.3 Å². The Kier molecular flexibility index (Phi) is 5.01. The first-order valence-corrected chi connectivity index (χ1v) is 6.93. The molecule has 104 valence electrons. The predicted molar refractivity (Wildman–Crippen MR) is 82.3 cm³/mol. The van der Waals surface area contributed by atoms with Crippen LogP contribution < -0.4 is 15.8 Å². The van der Waals surface area contributed by atoms with E-state index < -0.39 is 0 Å². The highest BCUT2D eigenvalue weighted by atomic mass is 79.9. The molecule has 0 aliphatic rings. The van der Waals surface area contributed by atoms with Crippen molar-refractivity contribution in [1.82, 2.24) is 5.32 Å². The van der Waals surface area contributed by atoms with Gasteiger partial charge in [-0.15, -0.1) is 0 Å². The number of amides is 1. The van der Waals surface area contributed by atoms with Crippen LogP contribution in [0.1, 0.15) is 5.56 Å². The van der Waals surface area contributed by atoms with Crippen molar-refractivity contribution in [3.8, 4) is 5.75 Å². The van der Waals surface area contributed by atoms with E-state index in [4.69, 9.17) is 10.5 Å². The lowest BCUT2D eigenvalue weighted by Crippen LogP contribution is -2.28. The smallest absolute Gasteiger partial charge is 0.258 e. The first-order valence-electron chi connectivity index (χ1n) is 6.13. The largest absolute Gasteiger partial charge is 0.482 e. The van der Waals surface area contributed by atoms with Crippen LogP contribution in [-0.2, 0) is 11.3 Å². The summed E-state index contributed by atoms with van der Waals surface area (Å²) >= 11 is 3.31. The summed E-state index contributed by atoms with van der Waals surface area (Å²) in [6.07, 6.45) is 0. The molecule has 0 aliphatic carbocycles. The number of anilines is 1. The van der Waals surface area contributed by atoms with E-state index in [-0.39, 0.29) is 12.5 Å². The lowest BCUT2D eigenvalue weighted by Gasteiger charge is -2.09. The molecule has 0 spiro atoms.